The lowest BCUT2D eigenvalue weighted by Gasteiger charge is -2.10. The number of thioether (sulfide) groups is 1. The summed E-state index contributed by atoms with van der Waals surface area (Å²) >= 11 is 1.12. The van der Waals surface area contributed by atoms with Gasteiger partial charge in [-0.05, 0) is 42.5 Å². The summed E-state index contributed by atoms with van der Waals surface area (Å²) in [4.78, 5) is 12.1. The van der Waals surface area contributed by atoms with E-state index in [4.69, 9.17) is 9.47 Å². The van der Waals surface area contributed by atoms with Gasteiger partial charge in [0.25, 0.3) is 0 Å². The lowest BCUT2D eigenvalue weighted by Crippen LogP contribution is -2.15. The topological polar surface area (TPSA) is 73.3 Å². The zero-order chi connectivity index (χ0) is 22.4. The smallest absolute Gasteiger partial charge is 0.416 e. The van der Waals surface area contributed by atoms with Gasteiger partial charge < -0.3 is 14.8 Å². The van der Waals surface area contributed by atoms with Crippen LogP contribution in [0.15, 0.2) is 59.6 Å². The number of alkyl halides is 3. The molecule has 0 aliphatic carbocycles. The van der Waals surface area contributed by atoms with Crippen molar-refractivity contribution in [2.24, 2.45) is 0 Å². The molecule has 0 radical (unpaired) electrons. The minimum absolute atomic E-state index is 0.0316. The summed E-state index contributed by atoms with van der Waals surface area (Å²) in [5.74, 6) is 0.741. The van der Waals surface area contributed by atoms with Crippen LogP contribution in [0.2, 0.25) is 0 Å². The molecule has 1 aromatic heterocycles. The molecule has 0 unspecified atom stereocenters. The molecule has 0 aliphatic rings. The minimum atomic E-state index is -4.47. The summed E-state index contributed by atoms with van der Waals surface area (Å²) in [6.45, 7) is 0. The van der Waals surface area contributed by atoms with Crippen LogP contribution in [0, 0.1) is 0 Å². The van der Waals surface area contributed by atoms with Crippen LogP contribution in [0.3, 0.4) is 0 Å². The molecule has 3 rings (SSSR count). The van der Waals surface area contributed by atoms with Crippen molar-refractivity contribution in [2.75, 3.05) is 25.3 Å². The predicted molar refractivity (Wildman–Crippen MR) is 111 cm³/mol. The van der Waals surface area contributed by atoms with Crippen LogP contribution in [0.4, 0.5) is 18.9 Å². The molecule has 0 saturated heterocycles. The second-order valence-electron chi connectivity index (χ2n) is 6.24. The van der Waals surface area contributed by atoms with E-state index in [2.05, 4.69) is 15.5 Å². The van der Waals surface area contributed by atoms with Gasteiger partial charge in [-0.2, -0.15) is 13.2 Å². The highest BCUT2D eigenvalue weighted by Crippen LogP contribution is 2.33. The number of nitrogens with zero attached hydrogens (tertiary/aromatic N) is 2. The van der Waals surface area contributed by atoms with Gasteiger partial charge in [0.2, 0.25) is 5.91 Å². The number of aromatic nitrogens is 2. The second kappa shape index (κ2) is 9.69. The number of ether oxygens (including phenoxy) is 2. The van der Waals surface area contributed by atoms with Crippen molar-refractivity contribution in [3.05, 3.63) is 60.2 Å². The van der Waals surface area contributed by atoms with Gasteiger partial charge in [0.15, 0.2) is 0 Å². The van der Waals surface area contributed by atoms with Gasteiger partial charge in [-0.3, -0.25) is 4.79 Å². The van der Waals surface area contributed by atoms with E-state index in [0.717, 1.165) is 29.5 Å². The van der Waals surface area contributed by atoms with Gasteiger partial charge in [-0.15, -0.1) is 10.2 Å². The molecule has 1 N–H and O–H groups in total. The normalized spacial score (nSPS) is 11.1. The van der Waals surface area contributed by atoms with E-state index in [0.29, 0.717) is 22.2 Å². The number of methoxy groups -OCH3 is 2. The van der Waals surface area contributed by atoms with E-state index in [1.165, 1.54) is 12.1 Å². The Morgan fingerprint density at radius 2 is 1.84 bits per heavy atom. The van der Waals surface area contributed by atoms with Crippen molar-refractivity contribution in [1.82, 2.24) is 10.2 Å². The van der Waals surface area contributed by atoms with Gasteiger partial charge >= 0.3 is 6.18 Å². The van der Waals surface area contributed by atoms with Crippen molar-refractivity contribution in [1.29, 1.82) is 0 Å². The monoisotopic (exact) mass is 449 g/mol. The molecule has 6 nitrogen and oxygen atoms in total. The molecule has 2 aromatic carbocycles. The van der Waals surface area contributed by atoms with Gasteiger partial charge in [-0.25, -0.2) is 0 Å². The number of nitrogens with one attached hydrogen (secondary N) is 1. The molecule has 0 bridgehead atoms. The van der Waals surface area contributed by atoms with Crippen LogP contribution in [-0.2, 0) is 11.0 Å². The zero-order valence-corrected chi connectivity index (χ0v) is 17.4. The Balaban J connectivity index is 1.61. The number of halogens is 3. The number of carbonyl (C=O) groups excluding carboxylic acids is 1. The van der Waals surface area contributed by atoms with Crippen molar-refractivity contribution < 1.29 is 27.4 Å². The fraction of sp³-hybridized carbons (Fsp3) is 0.190. The quantitative estimate of drug-likeness (QED) is 0.517. The molecular formula is C21H18F3N3O3S. The Morgan fingerprint density at radius 1 is 1.03 bits per heavy atom. The van der Waals surface area contributed by atoms with Gasteiger partial charge in [0.05, 0.1) is 31.2 Å². The maximum Gasteiger partial charge on any atom is 0.416 e. The highest BCUT2D eigenvalue weighted by molar-refractivity contribution is 7.99. The third kappa shape index (κ3) is 5.88. The Hall–Kier alpha value is -3.27. The van der Waals surface area contributed by atoms with Crippen molar-refractivity contribution in [3.8, 4) is 22.8 Å². The first-order valence-electron chi connectivity index (χ1n) is 8.96. The number of benzene rings is 2. The van der Waals surface area contributed by atoms with Gasteiger partial charge in [0.1, 0.15) is 16.5 Å². The first-order valence-corrected chi connectivity index (χ1v) is 9.95. The van der Waals surface area contributed by atoms with E-state index >= 15 is 0 Å². The maximum atomic E-state index is 12.8. The molecule has 0 saturated carbocycles. The van der Waals surface area contributed by atoms with E-state index in [1.807, 2.05) is 0 Å². The number of rotatable bonds is 7. The molecule has 0 spiro atoms. The summed E-state index contributed by atoms with van der Waals surface area (Å²) in [6.07, 6.45) is -4.47. The first kappa shape index (κ1) is 22.4. The molecule has 162 valence electrons. The van der Waals surface area contributed by atoms with Crippen molar-refractivity contribution >= 4 is 23.4 Å². The predicted octanol–water partition coefficient (Wildman–Crippen LogP) is 4.91. The minimum Gasteiger partial charge on any atom is -0.497 e. The molecule has 1 heterocycles. The number of anilines is 1. The SMILES string of the molecule is COc1ccc(-c2ccc(SCC(=O)Nc3cccc(C(F)(F)F)c3)nn2)c(OC)c1. The highest BCUT2D eigenvalue weighted by atomic mass is 32.2. The van der Waals surface area contributed by atoms with Crippen LogP contribution in [0.25, 0.3) is 11.3 Å². The fourth-order valence-electron chi connectivity index (χ4n) is 2.66. The zero-order valence-electron chi connectivity index (χ0n) is 16.6. The third-order valence-electron chi connectivity index (χ3n) is 4.15. The van der Waals surface area contributed by atoms with Gasteiger partial charge in [-0.1, -0.05) is 17.8 Å². The number of amides is 1. The molecule has 10 heteroatoms. The highest BCUT2D eigenvalue weighted by Gasteiger charge is 2.30. The summed E-state index contributed by atoms with van der Waals surface area (Å²) in [5.41, 5.74) is 0.564. The van der Waals surface area contributed by atoms with Crippen LogP contribution in [0.5, 0.6) is 11.5 Å². The average molecular weight is 449 g/mol. The lowest BCUT2D eigenvalue weighted by molar-refractivity contribution is -0.137. The van der Waals surface area contributed by atoms with E-state index in [-0.39, 0.29) is 11.4 Å². The molecular weight excluding hydrogens is 431 g/mol. The third-order valence-corrected chi connectivity index (χ3v) is 5.07. The Bertz CT molecular complexity index is 1060. The summed E-state index contributed by atoms with van der Waals surface area (Å²) < 4.78 is 48.8. The molecule has 3 aromatic rings. The van der Waals surface area contributed by atoms with E-state index < -0.39 is 17.6 Å². The molecule has 0 fully saturated rings. The van der Waals surface area contributed by atoms with Crippen LogP contribution in [0.1, 0.15) is 5.56 Å². The Kier molecular flexibility index (Phi) is 7.01. The van der Waals surface area contributed by atoms with Crippen molar-refractivity contribution in [2.45, 2.75) is 11.2 Å². The second-order valence-corrected chi connectivity index (χ2v) is 7.23. The summed E-state index contributed by atoms with van der Waals surface area (Å²) in [6, 6.07) is 13.2. The standard InChI is InChI=1S/C21H18F3N3O3S/c1-29-15-6-7-16(18(11-15)30-2)17-8-9-20(27-26-17)31-12-19(28)25-14-5-3-4-13(10-14)21(22,23)24/h3-11H,12H2,1-2H3,(H,25,28). The summed E-state index contributed by atoms with van der Waals surface area (Å²) in [7, 11) is 3.10. The van der Waals surface area contributed by atoms with Crippen LogP contribution < -0.4 is 14.8 Å². The molecule has 1 amide bonds. The largest absolute Gasteiger partial charge is 0.497 e. The van der Waals surface area contributed by atoms with E-state index in [1.54, 1.807) is 44.6 Å². The number of hydrogen-bond donors (Lipinski definition) is 1. The number of hydrogen-bond acceptors (Lipinski definition) is 6. The van der Waals surface area contributed by atoms with Crippen molar-refractivity contribution in [3.63, 3.8) is 0 Å². The molecule has 0 aliphatic heterocycles. The van der Waals surface area contributed by atoms with Crippen LogP contribution in [-0.4, -0.2) is 36.1 Å². The molecule has 31 heavy (non-hydrogen) atoms. The Labute approximate surface area is 180 Å². The molecule has 0 atom stereocenters. The van der Waals surface area contributed by atoms with Crippen LogP contribution >= 0.6 is 11.8 Å². The van der Waals surface area contributed by atoms with Gasteiger partial charge in [0, 0.05) is 17.3 Å². The Morgan fingerprint density at radius 3 is 2.48 bits per heavy atom. The lowest BCUT2D eigenvalue weighted by atomic mass is 10.1. The number of carbonyl (C=O) groups is 1. The summed E-state index contributed by atoms with van der Waals surface area (Å²) in [5, 5.41) is 11.2. The van der Waals surface area contributed by atoms with E-state index in [9.17, 15) is 18.0 Å². The fourth-order valence-corrected chi connectivity index (χ4v) is 3.27. The maximum absolute atomic E-state index is 12.8. The first-order chi connectivity index (χ1) is 14.8. The average Bonchev–Trinajstić information content (AvgIpc) is 2.77.